The number of anilines is 1. The number of halogens is 1. The van der Waals surface area contributed by atoms with Crippen molar-refractivity contribution in [2.24, 2.45) is 0 Å². The zero-order valence-electron chi connectivity index (χ0n) is 12.1. The van der Waals surface area contributed by atoms with Crippen LogP contribution in [0.3, 0.4) is 0 Å². The molecular weight excluding hydrogens is 322 g/mol. The van der Waals surface area contributed by atoms with Gasteiger partial charge in [0.2, 0.25) is 0 Å². The summed E-state index contributed by atoms with van der Waals surface area (Å²) in [6.07, 6.45) is 2.45. The van der Waals surface area contributed by atoms with Crippen molar-refractivity contribution in [3.8, 4) is 5.69 Å². The second kappa shape index (κ2) is 6.62. The summed E-state index contributed by atoms with van der Waals surface area (Å²) in [7, 11) is 0. The van der Waals surface area contributed by atoms with E-state index in [2.05, 4.69) is 9.82 Å². The molecule has 1 aromatic carbocycles. The van der Waals surface area contributed by atoms with Crippen LogP contribution >= 0.6 is 23.5 Å². The van der Waals surface area contributed by atoms with Crippen molar-refractivity contribution >= 4 is 35.3 Å². The maximum atomic E-state index is 12.1. The lowest BCUT2D eigenvalue weighted by atomic mass is 10.3. The lowest BCUT2D eigenvalue weighted by molar-refractivity contribution is 0.0516. The Kier molecular flexibility index (Phi) is 4.59. The number of hydrogen-bond acceptors (Lipinski definition) is 5. The van der Waals surface area contributed by atoms with Crippen molar-refractivity contribution < 1.29 is 9.53 Å². The van der Waals surface area contributed by atoms with Gasteiger partial charge < -0.3 is 9.46 Å². The molecule has 1 saturated carbocycles. The number of hydrogen-bond donors (Lipinski definition) is 1. The molecule has 0 radical (unpaired) electrons. The third-order valence-corrected chi connectivity index (χ3v) is 4.50. The molecule has 0 amide bonds. The zero-order valence-corrected chi connectivity index (χ0v) is 13.7. The van der Waals surface area contributed by atoms with Gasteiger partial charge in [-0.3, -0.25) is 0 Å². The van der Waals surface area contributed by atoms with Crippen LogP contribution < -0.4 is 4.72 Å². The van der Waals surface area contributed by atoms with Gasteiger partial charge in [-0.05, 0) is 56.0 Å². The highest BCUT2D eigenvalue weighted by atomic mass is 35.5. The predicted molar refractivity (Wildman–Crippen MR) is 88.8 cm³/mol. The highest BCUT2D eigenvalue weighted by molar-refractivity contribution is 8.01. The number of ether oxygens (including phenoxy) is 1. The third-order valence-electron chi connectivity index (χ3n) is 3.12. The quantitative estimate of drug-likeness (QED) is 0.639. The summed E-state index contributed by atoms with van der Waals surface area (Å²) in [6, 6.07) is 8.87. The van der Waals surface area contributed by atoms with Gasteiger partial charge in [-0.25, -0.2) is 9.48 Å². The molecule has 0 bridgehead atoms. The van der Waals surface area contributed by atoms with E-state index in [1.165, 1.54) is 12.8 Å². The first kappa shape index (κ1) is 15.2. The summed E-state index contributed by atoms with van der Waals surface area (Å²) in [5.41, 5.74) is 1.15. The monoisotopic (exact) mass is 337 g/mol. The number of benzene rings is 1. The van der Waals surface area contributed by atoms with Crippen LogP contribution in [0.1, 0.15) is 30.3 Å². The van der Waals surface area contributed by atoms with Crippen LogP contribution in [0, 0.1) is 0 Å². The second-order valence-corrected chi connectivity index (χ2v) is 6.49. The van der Waals surface area contributed by atoms with E-state index >= 15 is 0 Å². The molecule has 1 fully saturated rings. The normalized spacial score (nSPS) is 13.9. The van der Waals surface area contributed by atoms with Crippen LogP contribution in [0.4, 0.5) is 5.82 Å². The maximum absolute atomic E-state index is 12.1. The van der Waals surface area contributed by atoms with Gasteiger partial charge in [-0.15, -0.1) is 5.10 Å². The molecule has 1 aliphatic carbocycles. The Hall–Kier alpha value is -1.66. The van der Waals surface area contributed by atoms with Gasteiger partial charge in [0.25, 0.3) is 0 Å². The molecule has 0 spiro atoms. The van der Waals surface area contributed by atoms with Crippen LogP contribution in [0.15, 0.2) is 30.3 Å². The van der Waals surface area contributed by atoms with E-state index in [0.29, 0.717) is 28.4 Å². The minimum atomic E-state index is -0.394. The molecule has 1 N–H and O–H groups in total. The van der Waals surface area contributed by atoms with Gasteiger partial charge >= 0.3 is 5.97 Å². The van der Waals surface area contributed by atoms with Crippen LogP contribution in [-0.4, -0.2) is 27.6 Å². The summed E-state index contributed by atoms with van der Waals surface area (Å²) in [4.78, 5) is 12.1. The highest BCUT2D eigenvalue weighted by Gasteiger charge is 2.23. The minimum absolute atomic E-state index is 0.324. The van der Waals surface area contributed by atoms with Crippen molar-refractivity contribution in [3.63, 3.8) is 0 Å². The van der Waals surface area contributed by atoms with Gasteiger partial charge in [0, 0.05) is 16.3 Å². The van der Waals surface area contributed by atoms with Gasteiger partial charge in [-0.2, -0.15) is 0 Å². The molecule has 3 rings (SSSR count). The first-order valence-electron chi connectivity index (χ1n) is 7.12. The number of rotatable bonds is 6. The third kappa shape index (κ3) is 3.56. The summed E-state index contributed by atoms with van der Waals surface area (Å²) < 4.78 is 9.87. The number of nitrogens with zero attached hydrogens (tertiary/aromatic N) is 2. The fraction of sp³-hybridized carbons (Fsp3) is 0.333. The molecule has 1 heterocycles. The van der Waals surface area contributed by atoms with E-state index in [1.807, 2.05) is 12.1 Å². The number of aromatic nitrogens is 2. The Morgan fingerprint density at radius 1 is 1.45 bits per heavy atom. The Morgan fingerprint density at radius 2 is 2.18 bits per heavy atom. The summed E-state index contributed by atoms with van der Waals surface area (Å²) in [5, 5.41) is 5.73. The van der Waals surface area contributed by atoms with Gasteiger partial charge in [-0.1, -0.05) is 11.6 Å². The molecule has 5 nitrogen and oxygen atoms in total. The number of esters is 1. The molecule has 0 atom stereocenters. The molecule has 1 aromatic heterocycles. The van der Waals surface area contributed by atoms with Crippen molar-refractivity contribution in [1.82, 2.24) is 9.78 Å². The Morgan fingerprint density at radius 3 is 2.82 bits per heavy atom. The van der Waals surface area contributed by atoms with Crippen molar-refractivity contribution in [3.05, 3.63) is 41.0 Å². The number of carbonyl (C=O) groups is 1. The number of nitrogens with one attached hydrogen (secondary N) is 1. The first-order valence-corrected chi connectivity index (χ1v) is 8.38. The van der Waals surface area contributed by atoms with Crippen molar-refractivity contribution in [2.45, 2.75) is 25.0 Å². The SMILES string of the molecule is CCOC(=O)c1cc(NSC2CC2)nn1-c1ccc(Cl)cc1. The van der Waals surface area contributed by atoms with Crippen LogP contribution in [-0.2, 0) is 4.74 Å². The maximum Gasteiger partial charge on any atom is 0.357 e. The molecule has 2 aromatic rings. The Labute approximate surface area is 138 Å². The van der Waals surface area contributed by atoms with Crippen molar-refractivity contribution in [2.75, 3.05) is 11.3 Å². The average Bonchev–Trinajstić information content (AvgIpc) is 3.24. The average molecular weight is 338 g/mol. The first-order chi connectivity index (χ1) is 10.7. The van der Waals surface area contributed by atoms with E-state index in [4.69, 9.17) is 16.3 Å². The largest absolute Gasteiger partial charge is 0.461 e. The molecular formula is C15H16ClN3O2S. The second-order valence-electron chi connectivity index (χ2n) is 4.94. The van der Waals surface area contributed by atoms with E-state index in [-0.39, 0.29) is 0 Å². The molecule has 0 unspecified atom stereocenters. The topological polar surface area (TPSA) is 56.1 Å². The Bertz CT molecular complexity index is 668. The van der Waals surface area contributed by atoms with Crippen LogP contribution in [0.25, 0.3) is 5.69 Å². The summed E-state index contributed by atoms with van der Waals surface area (Å²) in [6.45, 7) is 2.10. The zero-order chi connectivity index (χ0) is 15.5. The smallest absolute Gasteiger partial charge is 0.357 e. The lowest BCUT2D eigenvalue weighted by Gasteiger charge is -2.06. The van der Waals surface area contributed by atoms with E-state index in [9.17, 15) is 4.79 Å². The minimum Gasteiger partial charge on any atom is -0.461 e. The van der Waals surface area contributed by atoms with E-state index in [0.717, 1.165) is 5.69 Å². The lowest BCUT2D eigenvalue weighted by Crippen LogP contribution is -2.11. The standard InChI is InChI=1S/C15H16ClN3O2S/c1-2-21-15(20)13-9-14(18-22-12-7-8-12)17-19(13)11-5-3-10(16)4-6-11/h3-6,9,12H,2,7-8H2,1H3,(H,17,18). The summed E-state index contributed by atoms with van der Waals surface area (Å²) in [5.74, 6) is 0.254. The fourth-order valence-corrected chi connectivity index (χ4v) is 2.78. The van der Waals surface area contributed by atoms with E-state index < -0.39 is 5.97 Å². The van der Waals surface area contributed by atoms with Gasteiger partial charge in [0.05, 0.1) is 12.3 Å². The summed E-state index contributed by atoms with van der Waals surface area (Å²) >= 11 is 7.55. The molecule has 0 aliphatic heterocycles. The molecule has 116 valence electrons. The van der Waals surface area contributed by atoms with Crippen LogP contribution in [0.5, 0.6) is 0 Å². The van der Waals surface area contributed by atoms with Gasteiger partial charge in [0.1, 0.15) is 0 Å². The fourth-order valence-electron chi connectivity index (χ4n) is 1.89. The molecule has 7 heteroatoms. The molecule has 1 aliphatic rings. The highest BCUT2D eigenvalue weighted by Crippen LogP contribution is 2.34. The van der Waals surface area contributed by atoms with Crippen LogP contribution in [0.2, 0.25) is 5.02 Å². The Balaban J connectivity index is 1.89. The van der Waals surface area contributed by atoms with E-state index in [1.54, 1.807) is 41.8 Å². The predicted octanol–water partition coefficient (Wildman–Crippen LogP) is 3.92. The van der Waals surface area contributed by atoms with Crippen molar-refractivity contribution in [1.29, 1.82) is 0 Å². The number of carbonyl (C=O) groups excluding carboxylic acids is 1. The molecule has 22 heavy (non-hydrogen) atoms. The van der Waals surface area contributed by atoms with Gasteiger partial charge in [0.15, 0.2) is 11.5 Å². The molecule has 0 saturated heterocycles.